The van der Waals surface area contributed by atoms with Crippen molar-refractivity contribution in [2.24, 2.45) is 5.41 Å². The summed E-state index contributed by atoms with van der Waals surface area (Å²) in [7, 11) is 0. The number of para-hydroxylation sites is 1. The van der Waals surface area contributed by atoms with Crippen LogP contribution >= 0.6 is 15.9 Å². The van der Waals surface area contributed by atoms with Gasteiger partial charge in [0.2, 0.25) is 0 Å². The molecule has 1 aromatic heterocycles. The standard InChI is InChI=1S/C22H20BrNO/c1-22(2)13-20-16(21(25)14-22)12-19(15-8-4-3-5-9-15)24(20)18-11-7-6-10-17(18)23/h3-12H,13-14H2,1-2H3. The second-order valence-electron chi connectivity index (χ2n) is 7.48. The van der Waals surface area contributed by atoms with Crippen molar-refractivity contribution >= 4 is 21.7 Å². The van der Waals surface area contributed by atoms with Crippen LogP contribution in [0.3, 0.4) is 0 Å². The molecule has 3 aromatic rings. The number of benzene rings is 2. The Bertz CT molecular complexity index is 953. The van der Waals surface area contributed by atoms with E-state index in [1.165, 1.54) is 0 Å². The molecule has 0 atom stereocenters. The second-order valence-corrected chi connectivity index (χ2v) is 8.34. The molecule has 25 heavy (non-hydrogen) atoms. The Morgan fingerprint density at radius 2 is 1.64 bits per heavy atom. The lowest BCUT2D eigenvalue weighted by molar-refractivity contribution is 0.0911. The van der Waals surface area contributed by atoms with Crippen LogP contribution in [0.1, 0.15) is 36.3 Å². The zero-order valence-electron chi connectivity index (χ0n) is 14.4. The smallest absolute Gasteiger partial charge is 0.165 e. The molecule has 0 N–H and O–H groups in total. The highest BCUT2D eigenvalue weighted by molar-refractivity contribution is 9.10. The molecule has 1 heterocycles. The van der Waals surface area contributed by atoms with E-state index in [4.69, 9.17) is 0 Å². The van der Waals surface area contributed by atoms with Crippen LogP contribution in [-0.2, 0) is 6.42 Å². The molecule has 4 rings (SSSR count). The zero-order chi connectivity index (χ0) is 17.6. The van der Waals surface area contributed by atoms with Crippen molar-refractivity contribution in [3.63, 3.8) is 0 Å². The van der Waals surface area contributed by atoms with Crippen LogP contribution in [0.4, 0.5) is 0 Å². The van der Waals surface area contributed by atoms with E-state index in [9.17, 15) is 4.79 Å². The van der Waals surface area contributed by atoms with E-state index in [1.807, 2.05) is 36.4 Å². The van der Waals surface area contributed by atoms with Gasteiger partial charge in [-0.05, 0) is 51.5 Å². The van der Waals surface area contributed by atoms with Crippen LogP contribution in [0.25, 0.3) is 16.9 Å². The minimum atomic E-state index is -0.0185. The molecule has 1 aliphatic carbocycles. The van der Waals surface area contributed by atoms with Crippen molar-refractivity contribution in [2.75, 3.05) is 0 Å². The second kappa shape index (κ2) is 5.99. The van der Waals surface area contributed by atoms with Crippen molar-refractivity contribution in [1.82, 2.24) is 4.57 Å². The summed E-state index contributed by atoms with van der Waals surface area (Å²) in [6.07, 6.45) is 1.50. The molecule has 0 spiro atoms. The molecule has 126 valence electrons. The van der Waals surface area contributed by atoms with Gasteiger partial charge in [0.05, 0.1) is 11.4 Å². The Hall–Kier alpha value is -2.13. The number of fused-ring (bicyclic) bond motifs is 1. The maximum Gasteiger partial charge on any atom is 0.165 e. The summed E-state index contributed by atoms with van der Waals surface area (Å²) in [6.45, 7) is 4.35. The number of hydrogen-bond acceptors (Lipinski definition) is 1. The first kappa shape index (κ1) is 16.3. The van der Waals surface area contributed by atoms with Gasteiger partial charge in [0.1, 0.15) is 0 Å². The number of carbonyl (C=O) groups is 1. The van der Waals surface area contributed by atoms with Crippen molar-refractivity contribution in [2.45, 2.75) is 26.7 Å². The van der Waals surface area contributed by atoms with E-state index >= 15 is 0 Å². The summed E-state index contributed by atoms with van der Waals surface area (Å²) >= 11 is 3.69. The first-order valence-electron chi connectivity index (χ1n) is 8.54. The number of Topliss-reactive ketones (excluding diaryl/α,β-unsaturated/α-hetero) is 1. The molecule has 2 aromatic carbocycles. The van der Waals surface area contributed by atoms with Crippen LogP contribution in [-0.4, -0.2) is 10.4 Å². The highest BCUT2D eigenvalue weighted by atomic mass is 79.9. The monoisotopic (exact) mass is 393 g/mol. The summed E-state index contributed by atoms with van der Waals surface area (Å²) in [5.74, 6) is 0.245. The highest BCUT2D eigenvalue weighted by Crippen LogP contribution is 2.41. The van der Waals surface area contributed by atoms with Crippen molar-refractivity contribution in [1.29, 1.82) is 0 Å². The Kier molecular flexibility index (Phi) is 3.92. The first-order valence-corrected chi connectivity index (χ1v) is 9.34. The molecule has 0 saturated heterocycles. The molecule has 2 nitrogen and oxygen atoms in total. The van der Waals surface area contributed by atoms with Gasteiger partial charge in [-0.1, -0.05) is 56.3 Å². The Morgan fingerprint density at radius 3 is 2.36 bits per heavy atom. The molecule has 0 aliphatic heterocycles. The molecule has 3 heteroatoms. The van der Waals surface area contributed by atoms with Crippen molar-refractivity contribution in [3.05, 3.63) is 76.4 Å². The van der Waals surface area contributed by atoms with Crippen LogP contribution in [0.5, 0.6) is 0 Å². The maximum atomic E-state index is 12.8. The quantitative estimate of drug-likeness (QED) is 0.518. The number of hydrogen-bond donors (Lipinski definition) is 0. The van der Waals surface area contributed by atoms with Gasteiger partial charge >= 0.3 is 0 Å². The van der Waals surface area contributed by atoms with E-state index in [1.54, 1.807) is 0 Å². The predicted octanol–water partition coefficient (Wildman–Crippen LogP) is 6.06. The van der Waals surface area contributed by atoms with Gasteiger partial charge in [0, 0.05) is 22.2 Å². The molecule has 0 bridgehead atoms. The van der Waals surface area contributed by atoms with Gasteiger partial charge < -0.3 is 4.57 Å². The normalized spacial score (nSPS) is 15.9. The average Bonchev–Trinajstić information content (AvgIpc) is 2.94. The SMILES string of the molecule is CC1(C)CC(=O)c2cc(-c3ccccc3)n(-c3ccccc3Br)c2C1. The van der Waals surface area contributed by atoms with Crippen LogP contribution in [0.15, 0.2) is 65.1 Å². The topological polar surface area (TPSA) is 22.0 Å². The van der Waals surface area contributed by atoms with E-state index in [2.05, 4.69) is 58.6 Å². The Labute approximate surface area is 156 Å². The number of rotatable bonds is 2. The lowest BCUT2D eigenvalue weighted by atomic mass is 9.76. The third kappa shape index (κ3) is 2.87. The Balaban J connectivity index is 2.04. The van der Waals surface area contributed by atoms with Crippen LogP contribution < -0.4 is 0 Å². The molecule has 0 radical (unpaired) electrons. The van der Waals surface area contributed by atoms with E-state index in [0.29, 0.717) is 6.42 Å². The van der Waals surface area contributed by atoms with E-state index < -0.39 is 0 Å². The number of nitrogens with zero attached hydrogens (tertiary/aromatic N) is 1. The molecule has 1 aliphatic rings. The fourth-order valence-corrected chi connectivity index (χ4v) is 4.20. The Morgan fingerprint density at radius 1 is 0.960 bits per heavy atom. The molecule has 0 unspecified atom stereocenters. The average molecular weight is 394 g/mol. The van der Waals surface area contributed by atoms with Crippen molar-refractivity contribution in [3.8, 4) is 16.9 Å². The molecule has 0 fully saturated rings. The van der Waals surface area contributed by atoms with Gasteiger partial charge in [-0.2, -0.15) is 0 Å². The van der Waals surface area contributed by atoms with Gasteiger partial charge in [0.25, 0.3) is 0 Å². The number of ketones is 1. The van der Waals surface area contributed by atoms with E-state index in [0.717, 1.165) is 39.1 Å². The number of aromatic nitrogens is 1. The predicted molar refractivity (Wildman–Crippen MR) is 105 cm³/mol. The summed E-state index contributed by atoms with van der Waals surface area (Å²) in [4.78, 5) is 12.8. The molecule has 0 saturated carbocycles. The fourth-order valence-electron chi connectivity index (χ4n) is 3.74. The van der Waals surface area contributed by atoms with Crippen molar-refractivity contribution < 1.29 is 4.79 Å². The van der Waals surface area contributed by atoms with Crippen LogP contribution in [0, 0.1) is 5.41 Å². The van der Waals surface area contributed by atoms with Gasteiger partial charge in [-0.25, -0.2) is 0 Å². The summed E-state index contributed by atoms with van der Waals surface area (Å²) in [5.41, 5.74) is 5.24. The van der Waals surface area contributed by atoms with Crippen LogP contribution in [0.2, 0.25) is 0 Å². The fraction of sp³-hybridized carbons (Fsp3) is 0.227. The first-order chi connectivity index (χ1) is 12.0. The summed E-state index contributed by atoms with van der Waals surface area (Å²) < 4.78 is 3.29. The number of carbonyl (C=O) groups excluding carboxylic acids is 1. The largest absolute Gasteiger partial charge is 0.312 e. The van der Waals surface area contributed by atoms with Gasteiger partial charge in [-0.15, -0.1) is 0 Å². The van der Waals surface area contributed by atoms with Gasteiger partial charge in [0.15, 0.2) is 5.78 Å². The number of halogens is 1. The van der Waals surface area contributed by atoms with E-state index in [-0.39, 0.29) is 11.2 Å². The minimum Gasteiger partial charge on any atom is -0.312 e. The molecule has 0 amide bonds. The zero-order valence-corrected chi connectivity index (χ0v) is 16.0. The highest BCUT2D eigenvalue weighted by Gasteiger charge is 2.35. The third-order valence-electron chi connectivity index (χ3n) is 4.85. The third-order valence-corrected chi connectivity index (χ3v) is 5.52. The molecular formula is C22H20BrNO. The lowest BCUT2D eigenvalue weighted by Gasteiger charge is -2.30. The van der Waals surface area contributed by atoms with Gasteiger partial charge in [-0.3, -0.25) is 4.79 Å². The maximum absolute atomic E-state index is 12.8. The summed E-state index contributed by atoms with van der Waals surface area (Å²) in [6, 6.07) is 20.6. The lowest BCUT2D eigenvalue weighted by Crippen LogP contribution is -2.27. The summed E-state index contributed by atoms with van der Waals surface area (Å²) in [5, 5.41) is 0. The minimum absolute atomic E-state index is 0.0185. The molecular weight excluding hydrogens is 374 g/mol.